The molecular formula is C17H12ClFN4O. The summed E-state index contributed by atoms with van der Waals surface area (Å²) in [6.07, 6.45) is 0.501. The first kappa shape index (κ1) is 13.9. The van der Waals surface area contributed by atoms with E-state index in [4.69, 9.17) is 17.4 Å². The molecule has 2 aromatic carbocycles. The van der Waals surface area contributed by atoms with Crippen molar-refractivity contribution >= 4 is 28.5 Å². The second-order valence-electron chi connectivity index (χ2n) is 6.15. The van der Waals surface area contributed by atoms with Crippen LogP contribution in [0, 0.1) is 5.82 Å². The molecule has 2 atom stereocenters. The van der Waals surface area contributed by atoms with Gasteiger partial charge < -0.3 is 4.57 Å². The summed E-state index contributed by atoms with van der Waals surface area (Å²) in [4.78, 5) is 17.2. The Morgan fingerprint density at radius 3 is 2.92 bits per heavy atom. The van der Waals surface area contributed by atoms with Gasteiger partial charge in [-0.2, -0.15) is 0 Å². The number of hydrogen-bond acceptors (Lipinski definition) is 3. The molecule has 0 spiro atoms. The molecule has 7 heteroatoms. The number of carbonyl (C=O) groups excluding carboxylic acids is 1. The van der Waals surface area contributed by atoms with E-state index in [0.29, 0.717) is 28.4 Å². The number of benzene rings is 2. The van der Waals surface area contributed by atoms with Gasteiger partial charge in [0.25, 0.3) is 5.91 Å². The third-order valence-corrected chi connectivity index (χ3v) is 5.16. The maximum atomic E-state index is 14.6. The molecule has 0 radical (unpaired) electrons. The number of carbonyl (C=O) groups is 1. The monoisotopic (exact) mass is 342 g/mol. The van der Waals surface area contributed by atoms with Gasteiger partial charge in [-0.3, -0.25) is 9.80 Å². The summed E-state index contributed by atoms with van der Waals surface area (Å²) < 4.78 is 16.6. The van der Waals surface area contributed by atoms with E-state index in [9.17, 15) is 9.18 Å². The summed E-state index contributed by atoms with van der Waals surface area (Å²) >= 11 is 6.13. The van der Waals surface area contributed by atoms with Gasteiger partial charge in [0.2, 0.25) is 0 Å². The van der Waals surface area contributed by atoms with E-state index in [0.717, 1.165) is 11.0 Å². The normalized spacial score (nSPS) is 21.8. The van der Waals surface area contributed by atoms with Crippen LogP contribution in [-0.2, 0) is 0 Å². The largest absolute Gasteiger partial charge is 0.318 e. The van der Waals surface area contributed by atoms with Gasteiger partial charge in [-0.15, -0.1) is 0 Å². The van der Waals surface area contributed by atoms with Gasteiger partial charge in [-0.1, -0.05) is 17.7 Å². The zero-order valence-electron chi connectivity index (χ0n) is 12.4. The molecule has 0 saturated carbocycles. The van der Waals surface area contributed by atoms with Gasteiger partial charge in [-0.25, -0.2) is 15.2 Å². The summed E-state index contributed by atoms with van der Waals surface area (Å²) in [6, 6.07) is 9.19. The predicted molar refractivity (Wildman–Crippen MR) is 87.0 cm³/mol. The fourth-order valence-electron chi connectivity index (χ4n) is 3.90. The number of imidazole rings is 1. The van der Waals surface area contributed by atoms with E-state index in [1.807, 2.05) is 16.7 Å². The van der Waals surface area contributed by atoms with E-state index in [2.05, 4.69) is 4.98 Å². The Bertz CT molecular complexity index is 1030. The molecule has 1 amide bonds. The van der Waals surface area contributed by atoms with Crippen LogP contribution in [0.3, 0.4) is 0 Å². The summed E-state index contributed by atoms with van der Waals surface area (Å²) in [7, 11) is 0. The van der Waals surface area contributed by atoms with Crippen molar-refractivity contribution in [2.75, 3.05) is 0 Å². The Labute approximate surface area is 141 Å². The van der Waals surface area contributed by atoms with Crippen molar-refractivity contribution in [3.05, 3.63) is 64.2 Å². The van der Waals surface area contributed by atoms with Crippen LogP contribution in [0.2, 0.25) is 5.02 Å². The first-order valence-corrected chi connectivity index (χ1v) is 7.98. The lowest BCUT2D eigenvalue weighted by atomic mass is 9.98. The molecule has 2 aliphatic heterocycles. The number of fused-ring (bicyclic) bond motifs is 9. The predicted octanol–water partition coefficient (Wildman–Crippen LogP) is 3.19. The maximum Gasteiger partial charge on any atom is 0.268 e. The zero-order chi connectivity index (χ0) is 16.6. The van der Waals surface area contributed by atoms with Crippen molar-refractivity contribution in [1.29, 1.82) is 0 Å². The first-order valence-electron chi connectivity index (χ1n) is 7.60. The molecule has 0 fully saturated rings. The number of halogens is 2. The third kappa shape index (κ3) is 1.62. The molecule has 5 rings (SSSR count). The molecule has 3 aromatic rings. The highest BCUT2D eigenvalue weighted by Gasteiger charge is 2.45. The minimum absolute atomic E-state index is 0.305. The molecule has 120 valence electrons. The molecular weight excluding hydrogens is 331 g/mol. The lowest BCUT2D eigenvalue weighted by Crippen LogP contribution is -2.40. The summed E-state index contributed by atoms with van der Waals surface area (Å²) in [5, 5.41) is 1.75. The zero-order valence-corrected chi connectivity index (χ0v) is 13.2. The van der Waals surface area contributed by atoms with Crippen LogP contribution in [0.5, 0.6) is 0 Å². The van der Waals surface area contributed by atoms with E-state index < -0.39 is 5.82 Å². The third-order valence-electron chi connectivity index (χ3n) is 4.92. The fourth-order valence-corrected chi connectivity index (χ4v) is 4.06. The average molecular weight is 343 g/mol. The van der Waals surface area contributed by atoms with E-state index >= 15 is 0 Å². The topological polar surface area (TPSA) is 64.2 Å². The lowest BCUT2D eigenvalue weighted by molar-refractivity contribution is 0.0679. The van der Waals surface area contributed by atoms with Crippen LogP contribution in [0.1, 0.15) is 40.3 Å². The summed E-state index contributed by atoms with van der Waals surface area (Å²) in [5.74, 6) is 5.95. The van der Waals surface area contributed by atoms with Gasteiger partial charge in [0, 0.05) is 22.6 Å². The van der Waals surface area contributed by atoms with Crippen molar-refractivity contribution in [3.8, 4) is 0 Å². The quantitative estimate of drug-likeness (QED) is 0.504. The Hall–Kier alpha value is -2.44. The summed E-state index contributed by atoms with van der Waals surface area (Å²) in [6.45, 7) is 0. The standard InChI is InChI=1S/C17H12ClFN4O/c18-8-4-5-11-12(6-8)22-13-7-14(16(22)21-11)23(20)17(24)9-2-1-3-10(19)15(9)13/h1-6,13-14H,7,20H2/t13-,14-/m1/s1. The van der Waals surface area contributed by atoms with Gasteiger partial charge in [0.15, 0.2) is 0 Å². The number of hydrazine groups is 1. The smallest absolute Gasteiger partial charge is 0.268 e. The van der Waals surface area contributed by atoms with Crippen LogP contribution >= 0.6 is 11.6 Å². The minimum Gasteiger partial charge on any atom is -0.318 e. The number of rotatable bonds is 0. The molecule has 0 aliphatic carbocycles. The molecule has 2 bridgehead atoms. The molecule has 0 saturated heterocycles. The highest BCUT2D eigenvalue weighted by Crippen LogP contribution is 2.47. The Kier molecular flexibility index (Phi) is 2.65. The van der Waals surface area contributed by atoms with Crippen molar-refractivity contribution < 1.29 is 9.18 Å². The number of nitrogens with zero attached hydrogens (tertiary/aromatic N) is 3. The first-order chi connectivity index (χ1) is 11.6. The Balaban J connectivity index is 1.89. The van der Waals surface area contributed by atoms with Crippen molar-refractivity contribution in [2.24, 2.45) is 5.84 Å². The van der Waals surface area contributed by atoms with E-state index in [1.165, 1.54) is 17.1 Å². The SMILES string of the molecule is NN1C(=O)c2cccc(F)c2[C@H]2C[C@@H]1c1nc3ccc(Cl)cc3n12. The molecule has 3 heterocycles. The molecule has 2 N–H and O–H groups in total. The lowest BCUT2D eigenvalue weighted by Gasteiger charge is -2.23. The molecule has 0 unspecified atom stereocenters. The van der Waals surface area contributed by atoms with Gasteiger partial charge in [0.1, 0.15) is 17.7 Å². The second-order valence-corrected chi connectivity index (χ2v) is 6.59. The van der Waals surface area contributed by atoms with Crippen molar-refractivity contribution in [1.82, 2.24) is 14.6 Å². The molecule has 2 aliphatic rings. The van der Waals surface area contributed by atoms with Crippen LogP contribution in [-0.4, -0.2) is 20.5 Å². The Morgan fingerprint density at radius 2 is 2.08 bits per heavy atom. The van der Waals surface area contributed by atoms with Gasteiger partial charge in [-0.05, 0) is 30.3 Å². The second kappa shape index (κ2) is 4.55. The molecule has 1 aromatic heterocycles. The van der Waals surface area contributed by atoms with Crippen LogP contribution in [0.4, 0.5) is 4.39 Å². The molecule has 5 nitrogen and oxygen atoms in total. The summed E-state index contributed by atoms with van der Waals surface area (Å²) in [5.41, 5.74) is 2.25. The number of nitrogens with two attached hydrogens (primary N) is 1. The molecule has 24 heavy (non-hydrogen) atoms. The highest BCUT2D eigenvalue weighted by atomic mass is 35.5. The van der Waals surface area contributed by atoms with E-state index in [-0.39, 0.29) is 18.0 Å². The van der Waals surface area contributed by atoms with Crippen molar-refractivity contribution in [3.63, 3.8) is 0 Å². The van der Waals surface area contributed by atoms with Crippen molar-refractivity contribution in [2.45, 2.75) is 18.5 Å². The minimum atomic E-state index is -0.406. The van der Waals surface area contributed by atoms with Gasteiger partial charge >= 0.3 is 0 Å². The van der Waals surface area contributed by atoms with Crippen LogP contribution < -0.4 is 5.84 Å². The maximum absolute atomic E-state index is 14.6. The van der Waals surface area contributed by atoms with Crippen LogP contribution in [0.25, 0.3) is 11.0 Å². The number of aromatic nitrogens is 2. The number of amides is 1. The Morgan fingerprint density at radius 1 is 1.25 bits per heavy atom. The highest BCUT2D eigenvalue weighted by molar-refractivity contribution is 6.31. The fraction of sp³-hybridized carbons (Fsp3) is 0.176. The number of hydrogen-bond donors (Lipinski definition) is 1. The van der Waals surface area contributed by atoms with Gasteiger partial charge in [0.05, 0.1) is 17.1 Å². The average Bonchev–Trinajstić information content (AvgIpc) is 3.07. The van der Waals surface area contributed by atoms with Crippen LogP contribution in [0.15, 0.2) is 36.4 Å². The van der Waals surface area contributed by atoms with E-state index in [1.54, 1.807) is 12.1 Å².